The SMILES string of the molecule is COc1ccc(S(=O)(=O)CCCCNc2cccc(C(=CC(=O)NO)c3cccnc3)c2)cc1. The van der Waals surface area contributed by atoms with Gasteiger partial charge in [0, 0.05) is 36.3 Å². The number of rotatable bonds is 11. The molecule has 178 valence electrons. The minimum Gasteiger partial charge on any atom is -0.497 e. The minimum atomic E-state index is -3.35. The van der Waals surface area contributed by atoms with Crippen LogP contribution in [-0.2, 0) is 14.6 Å². The molecule has 9 heteroatoms. The van der Waals surface area contributed by atoms with Gasteiger partial charge >= 0.3 is 0 Å². The Morgan fingerprint density at radius 1 is 1.06 bits per heavy atom. The standard InChI is InChI=1S/C25H27N3O5S/c1-33-22-9-11-23(12-10-22)34(31,32)15-3-2-14-27-21-8-4-6-19(16-21)24(17-25(29)28-30)20-7-5-13-26-18-20/h4-13,16-18,27,30H,2-3,14-15H2,1H3,(H,28,29). The predicted octanol–water partition coefficient (Wildman–Crippen LogP) is 3.69. The average molecular weight is 482 g/mol. The van der Waals surface area contributed by atoms with Gasteiger partial charge in [0.15, 0.2) is 9.84 Å². The van der Waals surface area contributed by atoms with Crippen LogP contribution >= 0.6 is 0 Å². The molecule has 0 spiro atoms. The second-order valence-corrected chi connectivity index (χ2v) is 9.59. The number of hydrogen-bond donors (Lipinski definition) is 3. The summed E-state index contributed by atoms with van der Waals surface area (Å²) in [5.41, 5.74) is 4.55. The first kappa shape index (κ1) is 24.9. The van der Waals surface area contributed by atoms with E-state index in [1.807, 2.05) is 30.3 Å². The third kappa shape index (κ3) is 6.90. The minimum absolute atomic E-state index is 0.0607. The molecule has 0 radical (unpaired) electrons. The number of methoxy groups -OCH3 is 1. The van der Waals surface area contributed by atoms with Gasteiger partial charge in [-0.3, -0.25) is 15.0 Å². The van der Waals surface area contributed by atoms with Gasteiger partial charge < -0.3 is 10.1 Å². The number of unbranched alkanes of at least 4 members (excludes halogenated alkanes) is 1. The van der Waals surface area contributed by atoms with Gasteiger partial charge in [0.1, 0.15) is 5.75 Å². The lowest BCUT2D eigenvalue weighted by Gasteiger charge is -2.12. The van der Waals surface area contributed by atoms with Crippen molar-refractivity contribution in [3.05, 3.63) is 90.3 Å². The summed E-state index contributed by atoms with van der Waals surface area (Å²) in [4.78, 5) is 16.2. The summed E-state index contributed by atoms with van der Waals surface area (Å²) in [6, 6.07) is 17.5. The summed E-state index contributed by atoms with van der Waals surface area (Å²) in [5, 5.41) is 12.2. The van der Waals surface area contributed by atoms with Crippen molar-refractivity contribution in [3.8, 4) is 5.75 Å². The molecule has 0 aliphatic rings. The second-order valence-electron chi connectivity index (χ2n) is 7.48. The quantitative estimate of drug-likeness (QED) is 0.165. The zero-order chi connectivity index (χ0) is 24.4. The summed E-state index contributed by atoms with van der Waals surface area (Å²) in [6.45, 7) is 0.588. The van der Waals surface area contributed by atoms with Crippen LogP contribution in [0.5, 0.6) is 5.75 Å². The highest BCUT2D eigenvalue weighted by Crippen LogP contribution is 2.25. The van der Waals surface area contributed by atoms with E-state index in [9.17, 15) is 13.2 Å². The van der Waals surface area contributed by atoms with Crippen molar-refractivity contribution in [2.24, 2.45) is 0 Å². The molecule has 2 aromatic carbocycles. The summed E-state index contributed by atoms with van der Waals surface area (Å²) in [5.74, 6) is 0.0322. The van der Waals surface area contributed by atoms with Gasteiger partial charge in [-0.05, 0) is 66.4 Å². The fourth-order valence-corrected chi connectivity index (χ4v) is 4.74. The van der Waals surface area contributed by atoms with Crippen LogP contribution in [0.3, 0.4) is 0 Å². The number of ether oxygens (including phenoxy) is 1. The van der Waals surface area contributed by atoms with Crippen molar-refractivity contribution >= 4 is 27.0 Å². The van der Waals surface area contributed by atoms with Gasteiger partial charge in [0.25, 0.3) is 5.91 Å². The molecule has 0 unspecified atom stereocenters. The van der Waals surface area contributed by atoms with Crippen LogP contribution in [0.1, 0.15) is 24.0 Å². The lowest BCUT2D eigenvalue weighted by atomic mass is 9.98. The van der Waals surface area contributed by atoms with Crippen molar-refractivity contribution in [3.63, 3.8) is 0 Å². The largest absolute Gasteiger partial charge is 0.497 e. The molecular weight excluding hydrogens is 454 g/mol. The van der Waals surface area contributed by atoms with Gasteiger partial charge in [-0.1, -0.05) is 18.2 Å². The van der Waals surface area contributed by atoms with Gasteiger partial charge in [-0.15, -0.1) is 0 Å². The second kappa shape index (κ2) is 12.0. The Morgan fingerprint density at radius 2 is 1.82 bits per heavy atom. The molecule has 1 amide bonds. The fraction of sp³-hybridized carbons (Fsp3) is 0.200. The Morgan fingerprint density at radius 3 is 2.50 bits per heavy atom. The Balaban J connectivity index is 1.60. The summed E-state index contributed by atoms with van der Waals surface area (Å²) in [7, 11) is -1.81. The first-order valence-electron chi connectivity index (χ1n) is 10.7. The normalized spacial score (nSPS) is 11.6. The number of pyridine rings is 1. The fourth-order valence-electron chi connectivity index (χ4n) is 3.37. The number of hydroxylamine groups is 1. The van der Waals surface area contributed by atoms with Crippen LogP contribution in [0.15, 0.2) is 84.0 Å². The molecule has 3 aromatic rings. The van der Waals surface area contributed by atoms with Gasteiger partial charge in [-0.2, -0.15) is 0 Å². The van der Waals surface area contributed by atoms with Crippen LogP contribution in [0, 0.1) is 0 Å². The van der Waals surface area contributed by atoms with Gasteiger partial charge in [-0.25, -0.2) is 13.9 Å². The molecule has 0 saturated carbocycles. The average Bonchev–Trinajstić information content (AvgIpc) is 2.87. The summed E-state index contributed by atoms with van der Waals surface area (Å²) < 4.78 is 30.1. The van der Waals surface area contributed by atoms with Crippen LogP contribution in [-0.4, -0.2) is 43.9 Å². The highest BCUT2D eigenvalue weighted by molar-refractivity contribution is 7.91. The number of nitrogens with zero attached hydrogens (tertiary/aromatic N) is 1. The lowest BCUT2D eigenvalue weighted by Crippen LogP contribution is -2.16. The molecule has 0 aliphatic heterocycles. The Labute approximate surface area is 199 Å². The first-order chi connectivity index (χ1) is 16.4. The Kier molecular flexibility index (Phi) is 8.78. The number of benzene rings is 2. The molecule has 0 fully saturated rings. The number of aromatic nitrogens is 1. The number of carbonyl (C=O) groups excluding carboxylic acids is 1. The van der Waals surface area contributed by atoms with Crippen molar-refractivity contribution in [2.75, 3.05) is 24.7 Å². The van der Waals surface area contributed by atoms with E-state index in [4.69, 9.17) is 9.94 Å². The van der Waals surface area contributed by atoms with E-state index in [0.717, 1.165) is 16.8 Å². The van der Waals surface area contributed by atoms with Crippen LogP contribution < -0.4 is 15.5 Å². The van der Waals surface area contributed by atoms with Gasteiger partial charge in [0.05, 0.1) is 17.8 Å². The number of hydrogen-bond acceptors (Lipinski definition) is 7. The zero-order valence-corrected chi connectivity index (χ0v) is 19.6. The van der Waals surface area contributed by atoms with E-state index in [0.29, 0.717) is 30.7 Å². The molecule has 0 aliphatic carbocycles. The summed E-state index contributed by atoms with van der Waals surface area (Å²) in [6.07, 6.45) is 5.76. The smallest absolute Gasteiger partial charge is 0.267 e. The maximum atomic E-state index is 12.5. The number of amides is 1. The molecule has 1 heterocycles. The molecule has 1 aromatic heterocycles. The predicted molar refractivity (Wildman–Crippen MR) is 130 cm³/mol. The molecule has 0 saturated heterocycles. The highest BCUT2D eigenvalue weighted by atomic mass is 32.2. The van der Waals surface area contributed by atoms with Crippen molar-refractivity contribution in [2.45, 2.75) is 17.7 Å². The molecule has 0 bridgehead atoms. The molecule has 3 N–H and O–H groups in total. The molecule has 3 rings (SSSR count). The van der Waals surface area contributed by atoms with E-state index >= 15 is 0 Å². The first-order valence-corrected chi connectivity index (χ1v) is 12.4. The molecule has 8 nitrogen and oxygen atoms in total. The number of nitrogens with one attached hydrogen (secondary N) is 2. The maximum Gasteiger partial charge on any atom is 0.267 e. The topological polar surface area (TPSA) is 118 Å². The highest BCUT2D eigenvalue weighted by Gasteiger charge is 2.14. The van der Waals surface area contributed by atoms with E-state index in [1.54, 1.807) is 48.2 Å². The van der Waals surface area contributed by atoms with Crippen LogP contribution in [0.25, 0.3) is 5.57 Å². The third-order valence-corrected chi connectivity index (χ3v) is 6.94. The van der Waals surface area contributed by atoms with Crippen molar-refractivity contribution in [1.82, 2.24) is 10.5 Å². The van der Waals surface area contributed by atoms with Crippen LogP contribution in [0.4, 0.5) is 5.69 Å². The number of carbonyl (C=O) groups is 1. The third-order valence-electron chi connectivity index (χ3n) is 5.12. The number of anilines is 1. The van der Waals surface area contributed by atoms with Crippen molar-refractivity contribution < 1.29 is 23.2 Å². The van der Waals surface area contributed by atoms with Crippen LogP contribution in [0.2, 0.25) is 0 Å². The van der Waals surface area contributed by atoms with E-state index < -0.39 is 15.7 Å². The van der Waals surface area contributed by atoms with E-state index in [2.05, 4.69) is 10.3 Å². The maximum absolute atomic E-state index is 12.5. The molecule has 34 heavy (non-hydrogen) atoms. The van der Waals surface area contributed by atoms with E-state index in [-0.39, 0.29) is 10.6 Å². The van der Waals surface area contributed by atoms with Crippen molar-refractivity contribution in [1.29, 1.82) is 0 Å². The monoisotopic (exact) mass is 481 g/mol. The lowest BCUT2D eigenvalue weighted by molar-refractivity contribution is -0.124. The van der Waals surface area contributed by atoms with E-state index in [1.165, 1.54) is 13.2 Å². The molecule has 0 atom stereocenters. The van der Waals surface area contributed by atoms with Gasteiger partial charge in [0.2, 0.25) is 0 Å². The Bertz CT molecular complexity index is 1230. The summed E-state index contributed by atoms with van der Waals surface area (Å²) >= 11 is 0. The number of sulfone groups is 1. The zero-order valence-electron chi connectivity index (χ0n) is 18.8. The Hall–Kier alpha value is -3.69. The molecular formula is C25H27N3O5S.